The van der Waals surface area contributed by atoms with Crippen LogP contribution in [0.3, 0.4) is 0 Å². The van der Waals surface area contributed by atoms with Crippen LogP contribution in [0.2, 0.25) is 0 Å². The van der Waals surface area contributed by atoms with Gasteiger partial charge >= 0.3 is 17.9 Å². The van der Waals surface area contributed by atoms with Gasteiger partial charge in [-0.2, -0.15) is 0 Å². The van der Waals surface area contributed by atoms with Gasteiger partial charge in [0.1, 0.15) is 43.2 Å². The number of hydrogen-bond acceptors (Lipinski definition) is 13. The third-order valence-electron chi connectivity index (χ3n) is 6.29. The van der Waals surface area contributed by atoms with E-state index in [4.69, 9.17) is 47.4 Å². The normalized spacial score (nSPS) is 40.1. The van der Waals surface area contributed by atoms with Gasteiger partial charge in [-0.05, 0) is 27.7 Å². The summed E-state index contributed by atoms with van der Waals surface area (Å²) in [6.45, 7) is 10.9. The Labute approximate surface area is 215 Å². The van der Waals surface area contributed by atoms with Gasteiger partial charge in [0.2, 0.25) is 0 Å². The third kappa shape index (κ3) is 6.77. The smallest absolute Gasteiger partial charge is 0.303 e. The number of esters is 3. The molecule has 4 fully saturated rings. The zero-order chi connectivity index (χ0) is 27.1. The maximum Gasteiger partial charge on any atom is 0.303 e. The standard InChI is InChI=1S/C24H36O13/c1-11(25)28-9-15-18(31-13(3)27)14(30-12(2)26)8-17(32-15)33-20-19(16-10-29-23(4,5)35-16)34-22-21(20)36-24(6,7)37-22/h14-22H,8-10H2,1-7H3/t14-,15-,16+,17-,18+,19-,20+,21-,22-/m1/s1. The molecule has 4 rings (SSSR count). The predicted molar refractivity (Wildman–Crippen MR) is 119 cm³/mol. The first-order valence-electron chi connectivity index (χ1n) is 12.3. The predicted octanol–water partition coefficient (Wildman–Crippen LogP) is 0.941. The maximum atomic E-state index is 11.9. The van der Waals surface area contributed by atoms with Gasteiger partial charge in [-0.3, -0.25) is 14.4 Å². The average Bonchev–Trinajstić information content (AvgIpc) is 3.37. The van der Waals surface area contributed by atoms with Crippen LogP contribution in [0.5, 0.6) is 0 Å². The summed E-state index contributed by atoms with van der Waals surface area (Å²) in [6.07, 6.45) is -6.95. The highest BCUT2D eigenvalue weighted by Gasteiger charge is 2.60. The summed E-state index contributed by atoms with van der Waals surface area (Å²) < 4.78 is 58.4. The first-order valence-corrected chi connectivity index (χ1v) is 12.3. The summed E-state index contributed by atoms with van der Waals surface area (Å²) in [5, 5.41) is 0. The summed E-state index contributed by atoms with van der Waals surface area (Å²) in [6, 6.07) is 0. The number of rotatable bonds is 7. The Morgan fingerprint density at radius 2 is 1.51 bits per heavy atom. The lowest BCUT2D eigenvalue weighted by molar-refractivity contribution is -0.296. The molecule has 37 heavy (non-hydrogen) atoms. The van der Waals surface area contributed by atoms with Gasteiger partial charge in [0.05, 0.1) is 6.61 Å². The number of ether oxygens (including phenoxy) is 10. The lowest BCUT2D eigenvalue weighted by Crippen LogP contribution is -2.56. The second-order valence-electron chi connectivity index (χ2n) is 10.4. The first kappa shape index (κ1) is 28.1. The minimum absolute atomic E-state index is 0.0342. The Balaban J connectivity index is 1.56. The highest BCUT2D eigenvalue weighted by atomic mass is 16.9. The SMILES string of the molecule is CC(=O)OC[C@H]1O[C@H](O[C@@H]2[C@H]3OC(C)(C)O[C@H]3O[C@@H]2[C@@H]2COC(C)(C)O2)C[C@@H](OC(C)=O)[C@@H]1OC(C)=O. The van der Waals surface area contributed by atoms with Crippen LogP contribution in [-0.2, 0) is 61.8 Å². The van der Waals surface area contributed by atoms with Crippen molar-refractivity contribution in [3.63, 3.8) is 0 Å². The topological polar surface area (TPSA) is 144 Å². The lowest BCUT2D eigenvalue weighted by atomic mass is 10.0. The van der Waals surface area contributed by atoms with E-state index in [2.05, 4.69) is 0 Å². The maximum absolute atomic E-state index is 11.9. The van der Waals surface area contributed by atoms with E-state index in [1.807, 2.05) is 0 Å². The van der Waals surface area contributed by atoms with E-state index in [-0.39, 0.29) is 19.6 Å². The van der Waals surface area contributed by atoms with E-state index in [1.54, 1.807) is 27.7 Å². The molecule has 0 aliphatic carbocycles. The van der Waals surface area contributed by atoms with Crippen molar-refractivity contribution >= 4 is 17.9 Å². The summed E-state index contributed by atoms with van der Waals surface area (Å²) in [5.74, 6) is -3.44. The van der Waals surface area contributed by atoms with Crippen molar-refractivity contribution in [3.8, 4) is 0 Å². The lowest BCUT2D eigenvalue weighted by Gasteiger charge is -2.41. The van der Waals surface area contributed by atoms with E-state index >= 15 is 0 Å². The molecule has 0 bridgehead atoms. The van der Waals surface area contributed by atoms with Crippen LogP contribution < -0.4 is 0 Å². The minimum Gasteiger partial charge on any atom is -0.463 e. The molecule has 0 N–H and O–H groups in total. The van der Waals surface area contributed by atoms with Crippen molar-refractivity contribution in [2.75, 3.05) is 13.2 Å². The van der Waals surface area contributed by atoms with Crippen LogP contribution >= 0.6 is 0 Å². The Hall–Kier alpha value is -1.87. The van der Waals surface area contributed by atoms with Gasteiger partial charge in [-0.1, -0.05) is 0 Å². The molecule has 0 aromatic carbocycles. The Morgan fingerprint density at radius 3 is 2.11 bits per heavy atom. The first-order chi connectivity index (χ1) is 17.2. The quantitative estimate of drug-likeness (QED) is 0.339. The summed E-state index contributed by atoms with van der Waals surface area (Å²) in [7, 11) is 0. The molecule has 0 radical (unpaired) electrons. The zero-order valence-corrected chi connectivity index (χ0v) is 22.1. The van der Waals surface area contributed by atoms with E-state index in [0.29, 0.717) is 0 Å². The molecule has 0 unspecified atom stereocenters. The molecule has 0 spiro atoms. The van der Waals surface area contributed by atoms with Gasteiger partial charge in [-0.15, -0.1) is 0 Å². The van der Waals surface area contributed by atoms with Gasteiger partial charge in [0.25, 0.3) is 0 Å². The van der Waals surface area contributed by atoms with Crippen molar-refractivity contribution in [1.29, 1.82) is 0 Å². The molecular weight excluding hydrogens is 496 g/mol. The number of carbonyl (C=O) groups is 3. The molecule has 0 aromatic heterocycles. The van der Waals surface area contributed by atoms with Crippen LogP contribution in [0.15, 0.2) is 0 Å². The molecule has 0 aromatic rings. The van der Waals surface area contributed by atoms with Crippen LogP contribution in [0.1, 0.15) is 54.9 Å². The van der Waals surface area contributed by atoms with Crippen LogP contribution in [-0.4, -0.2) is 98.0 Å². The van der Waals surface area contributed by atoms with Gasteiger partial charge in [-0.25, -0.2) is 0 Å². The fourth-order valence-electron chi connectivity index (χ4n) is 5.00. The van der Waals surface area contributed by atoms with Crippen LogP contribution in [0.4, 0.5) is 0 Å². The Bertz CT molecular complexity index is 873. The van der Waals surface area contributed by atoms with E-state index in [0.717, 1.165) is 0 Å². The summed E-state index contributed by atoms with van der Waals surface area (Å²) in [5.41, 5.74) is 0. The fraction of sp³-hybridized carbons (Fsp3) is 0.875. The molecule has 0 saturated carbocycles. The molecule has 9 atom stereocenters. The molecule has 13 heteroatoms. The molecule has 4 aliphatic rings. The van der Waals surface area contributed by atoms with Crippen molar-refractivity contribution < 1.29 is 61.8 Å². The highest BCUT2D eigenvalue weighted by Crippen LogP contribution is 2.43. The molecule has 13 nitrogen and oxygen atoms in total. The van der Waals surface area contributed by atoms with Crippen LogP contribution in [0.25, 0.3) is 0 Å². The van der Waals surface area contributed by atoms with Gasteiger partial charge in [0.15, 0.2) is 30.3 Å². The Kier molecular flexibility index (Phi) is 8.15. The molecular formula is C24H36O13. The molecule has 4 saturated heterocycles. The monoisotopic (exact) mass is 532 g/mol. The average molecular weight is 533 g/mol. The number of carbonyl (C=O) groups excluding carboxylic acids is 3. The largest absolute Gasteiger partial charge is 0.463 e. The minimum atomic E-state index is -1.01. The van der Waals surface area contributed by atoms with Crippen molar-refractivity contribution in [2.24, 2.45) is 0 Å². The van der Waals surface area contributed by atoms with Crippen molar-refractivity contribution in [3.05, 3.63) is 0 Å². The third-order valence-corrected chi connectivity index (χ3v) is 6.29. The van der Waals surface area contributed by atoms with Crippen LogP contribution in [0, 0.1) is 0 Å². The van der Waals surface area contributed by atoms with Crippen molar-refractivity contribution in [1.82, 2.24) is 0 Å². The second-order valence-corrected chi connectivity index (χ2v) is 10.4. The van der Waals surface area contributed by atoms with E-state index < -0.39 is 84.8 Å². The van der Waals surface area contributed by atoms with Gasteiger partial charge in [0, 0.05) is 27.2 Å². The second kappa shape index (κ2) is 10.7. The van der Waals surface area contributed by atoms with Crippen molar-refractivity contribution in [2.45, 2.75) is 122 Å². The molecule has 4 aliphatic heterocycles. The summed E-state index contributed by atoms with van der Waals surface area (Å²) >= 11 is 0. The Morgan fingerprint density at radius 1 is 0.811 bits per heavy atom. The molecule has 4 heterocycles. The number of fused-ring (bicyclic) bond motifs is 1. The summed E-state index contributed by atoms with van der Waals surface area (Å²) in [4.78, 5) is 35.1. The van der Waals surface area contributed by atoms with E-state index in [1.165, 1.54) is 20.8 Å². The molecule has 0 amide bonds. The number of hydrogen-bond donors (Lipinski definition) is 0. The van der Waals surface area contributed by atoms with Gasteiger partial charge < -0.3 is 47.4 Å². The zero-order valence-electron chi connectivity index (χ0n) is 22.1. The highest BCUT2D eigenvalue weighted by molar-refractivity contribution is 5.67. The van der Waals surface area contributed by atoms with E-state index in [9.17, 15) is 14.4 Å². The fourth-order valence-corrected chi connectivity index (χ4v) is 5.00. The molecule has 210 valence electrons.